The van der Waals surface area contributed by atoms with Crippen LogP contribution in [-0.4, -0.2) is 18.9 Å². The molecule has 6 nitrogen and oxygen atoms in total. The summed E-state index contributed by atoms with van der Waals surface area (Å²) in [5, 5.41) is 5.18. The zero-order chi connectivity index (χ0) is 19.4. The molecule has 0 saturated carbocycles. The monoisotopic (exact) mass is 397 g/mol. The summed E-state index contributed by atoms with van der Waals surface area (Å²) in [5.74, 6) is 2.07. The van der Waals surface area contributed by atoms with E-state index in [9.17, 15) is 13.2 Å². The summed E-state index contributed by atoms with van der Waals surface area (Å²) in [6.45, 7) is 0.198. The first kappa shape index (κ1) is 18.8. The Morgan fingerprint density at radius 2 is 2.00 bits per heavy atom. The number of fused-ring (bicyclic) bond motifs is 1. The van der Waals surface area contributed by atoms with Crippen LogP contribution in [0.2, 0.25) is 0 Å². The van der Waals surface area contributed by atoms with Crippen LogP contribution in [0.25, 0.3) is 16.3 Å². The van der Waals surface area contributed by atoms with Gasteiger partial charge in [0.15, 0.2) is 4.80 Å². The van der Waals surface area contributed by atoms with E-state index in [0.717, 1.165) is 5.56 Å². The van der Waals surface area contributed by atoms with E-state index in [0.29, 0.717) is 15.0 Å². The highest BCUT2D eigenvalue weighted by atomic mass is 32.2. The Balaban J connectivity index is 2.05. The van der Waals surface area contributed by atoms with Crippen molar-refractivity contribution in [1.29, 1.82) is 0 Å². The van der Waals surface area contributed by atoms with Crippen molar-refractivity contribution in [1.82, 2.24) is 4.57 Å². The summed E-state index contributed by atoms with van der Waals surface area (Å²) < 4.78 is 25.4. The summed E-state index contributed by atoms with van der Waals surface area (Å²) in [5.41, 5.74) is 1.57. The molecule has 0 aliphatic carbocycles. The largest absolute Gasteiger partial charge is 0.305 e. The molecule has 3 aromatic rings. The topological polar surface area (TPSA) is 94.5 Å². The maximum Gasteiger partial charge on any atom is 0.272 e. The predicted octanol–water partition coefficient (Wildman–Crippen LogP) is 2.12. The van der Waals surface area contributed by atoms with E-state index in [1.165, 1.54) is 29.5 Å². The number of primary sulfonamides is 1. The Kier molecular flexibility index (Phi) is 5.37. The number of benzene rings is 2. The van der Waals surface area contributed by atoms with E-state index in [2.05, 4.69) is 10.9 Å². The van der Waals surface area contributed by atoms with Crippen molar-refractivity contribution in [2.75, 3.05) is 0 Å². The molecule has 2 N–H and O–H groups in total. The normalized spacial score (nSPS) is 12.5. The molecule has 2 aromatic carbocycles. The minimum Gasteiger partial charge on any atom is -0.305 e. The summed E-state index contributed by atoms with van der Waals surface area (Å²) in [6.07, 6.45) is 8.46. The summed E-state index contributed by atoms with van der Waals surface area (Å²) >= 11 is 1.17. The second kappa shape index (κ2) is 7.72. The first-order valence-electron chi connectivity index (χ1n) is 7.80. The summed E-state index contributed by atoms with van der Waals surface area (Å²) in [7, 11) is -3.82. The van der Waals surface area contributed by atoms with Gasteiger partial charge in [-0.05, 0) is 29.8 Å². The third kappa shape index (κ3) is 4.41. The lowest BCUT2D eigenvalue weighted by molar-refractivity contribution is -0.113. The number of amides is 1. The van der Waals surface area contributed by atoms with E-state index in [1.807, 2.05) is 30.3 Å². The first-order valence-corrected chi connectivity index (χ1v) is 10.2. The van der Waals surface area contributed by atoms with Crippen molar-refractivity contribution in [3.63, 3.8) is 0 Å². The number of hydrogen-bond donors (Lipinski definition) is 1. The molecule has 0 saturated heterocycles. The van der Waals surface area contributed by atoms with Crippen LogP contribution in [0.5, 0.6) is 0 Å². The number of nitrogens with zero attached hydrogens (tertiary/aromatic N) is 2. The van der Waals surface area contributed by atoms with Gasteiger partial charge in [-0.25, -0.2) is 13.6 Å². The van der Waals surface area contributed by atoms with Gasteiger partial charge in [-0.3, -0.25) is 4.79 Å². The van der Waals surface area contributed by atoms with Crippen LogP contribution in [0.4, 0.5) is 0 Å². The van der Waals surface area contributed by atoms with Gasteiger partial charge in [-0.1, -0.05) is 47.6 Å². The molecule has 0 fully saturated rings. The molecular weight excluding hydrogens is 382 g/mol. The number of hydrogen-bond acceptors (Lipinski definition) is 4. The van der Waals surface area contributed by atoms with Crippen LogP contribution >= 0.6 is 11.3 Å². The molecule has 1 amide bonds. The fraction of sp³-hybridized carbons (Fsp3) is 0.0526. The predicted molar refractivity (Wildman–Crippen MR) is 106 cm³/mol. The highest BCUT2D eigenvalue weighted by Gasteiger charge is 2.12. The Labute approximate surface area is 160 Å². The highest BCUT2D eigenvalue weighted by molar-refractivity contribution is 7.89. The van der Waals surface area contributed by atoms with Crippen molar-refractivity contribution in [3.05, 3.63) is 65.0 Å². The van der Waals surface area contributed by atoms with Crippen molar-refractivity contribution >= 4 is 43.6 Å². The van der Waals surface area contributed by atoms with Gasteiger partial charge in [-0.2, -0.15) is 4.99 Å². The zero-order valence-electron chi connectivity index (χ0n) is 14.1. The van der Waals surface area contributed by atoms with Gasteiger partial charge in [0.1, 0.15) is 0 Å². The SMILES string of the molecule is C#CCn1c(=NC(=O)/C=C/c2ccccc2)sc2cc(S(N)(=O)=O)ccc21. The lowest BCUT2D eigenvalue weighted by Gasteiger charge is -2.01. The summed E-state index contributed by atoms with van der Waals surface area (Å²) in [6, 6.07) is 13.8. The third-order valence-corrected chi connectivity index (χ3v) is 5.61. The lowest BCUT2D eigenvalue weighted by atomic mass is 10.2. The molecule has 1 heterocycles. The minimum atomic E-state index is -3.82. The Morgan fingerprint density at radius 1 is 1.26 bits per heavy atom. The number of carbonyl (C=O) groups is 1. The van der Waals surface area contributed by atoms with E-state index in [1.54, 1.807) is 16.7 Å². The average molecular weight is 397 g/mol. The minimum absolute atomic E-state index is 0.00837. The Hall–Kier alpha value is -2.99. The summed E-state index contributed by atoms with van der Waals surface area (Å²) in [4.78, 5) is 16.7. The molecule has 0 atom stereocenters. The van der Waals surface area contributed by atoms with Gasteiger partial charge in [0.2, 0.25) is 10.0 Å². The van der Waals surface area contributed by atoms with Gasteiger partial charge < -0.3 is 4.57 Å². The van der Waals surface area contributed by atoms with E-state index >= 15 is 0 Å². The second-order valence-corrected chi connectivity index (χ2v) is 8.11. The van der Waals surface area contributed by atoms with E-state index in [4.69, 9.17) is 11.6 Å². The van der Waals surface area contributed by atoms with Crippen LogP contribution in [0.3, 0.4) is 0 Å². The van der Waals surface area contributed by atoms with Crippen LogP contribution in [0.15, 0.2) is 64.5 Å². The Morgan fingerprint density at radius 3 is 2.67 bits per heavy atom. The number of sulfonamides is 1. The maximum atomic E-state index is 12.2. The molecule has 0 aliphatic rings. The molecule has 0 unspecified atom stereocenters. The van der Waals surface area contributed by atoms with Crippen molar-refractivity contribution in [3.8, 4) is 12.3 Å². The fourth-order valence-corrected chi connectivity index (χ4v) is 4.11. The number of terminal acetylenes is 1. The molecule has 0 bridgehead atoms. The number of nitrogens with two attached hydrogens (primary N) is 1. The van der Waals surface area contributed by atoms with Crippen molar-refractivity contribution in [2.24, 2.45) is 10.1 Å². The molecule has 0 aliphatic heterocycles. The molecule has 3 rings (SSSR count). The van der Waals surface area contributed by atoms with Crippen molar-refractivity contribution in [2.45, 2.75) is 11.4 Å². The number of rotatable bonds is 4. The van der Waals surface area contributed by atoms with E-state index < -0.39 is 15.9 Å². The smallest absolute Gasteiger partial charge is 0.272 e. The van der Waals surface area contributed by atoms with E-state index in [-0.39, 0.29) is 11.4 Å². The first-order chi connectivity index (χ1) is 12.9. The number of carbonyl (C=O) groups excluding carboxylic acids is 1. The lowest BCUT2D eigenvalue weighted by Crippen LogP contribution is -2.16. The average Bonchev–Trinajstić information content (AvgIpc) is 2.97. The molecule has 8 heteroatoms. The molecular formula is C19H15N3O3S2. The van der Waals surface area contributed by atoms with Crippen LogP contribution in [0.1, 0.15) is 5.56 Å². The Bertz CT molecular complexity index is 1240. The van der Waals surface area contributed by atoms with Crippen LogP contribution in [-0.2, 0) is 21.4 Å². The van der Waals surface area contributed by atoms with Gasteiger partial charge >= 0.3 is 0 Å². The van der Waals surface area contributed by atoms with Crippen molar-refractivity contribution < 1.29 is 13.2 Å². The second-order valence-electron chi connectivity index (χ2n) is 5.54. The van der Waals surface area contributed by atoms with Gasteiger partial charge in [0, 0.05) is 6.08 Å². The van der Waals surface area contributed by atoms with Gasteiger partial charge in [0.25, 0.3) is 5.91 Å². The fourth-order valence-electron chi connectivity index (χ4n) is 2.42. The molecule has 136 valence electrons. The molecule has 0 spiro atoms. The molecule has 0 radical (unpaired) electrons. The number of aromatic nitrogens is 1. The standard InChI is InChI=1S/C19H15N3O3S2/c1-2-12-22-16-10-9-15(27(20,24)25)13-17(16)26-19(22)21-18(23)11-8-14-6-4-3-5-7-14/h1,3-11,13H,12H2,(H2,20,24,25)/b11-8+,21-19?. The highest BCUT2D eigenvalue weighted by Crippen LogP contribution is 2.21. The van der Waals surface area contributed by atoms with Crippen LogP contribution in [0, 0.1) is 12.3 Å². The zero-order valence-corrected chi connectivity index (χ0v) is 15.7. The van der Waals surface area contributed by atoms with Gasteiger partial charge in [0.05, 0.1) is 21.7 Å². The van der Waals surface area contributed by atoms with Gasteiger partial charge in [-0.15, -0.1) is 6.42 Å². The number of thiazole rings is 1. The maximum absolute atomic E-state index is 12.2. The third-order valence-electron chi connectivity index (χ3n) is 3.66. The quantitative estimate of drug-likeness (QED) is 0.540. The molecule has 1 aromatic heterocycles. The van der Waals surface area contributed by atoms with Crippen LogP contribution < -0.4 is 9.94 Å². The molecule has 27 heavy (non-hydrogen) atoms.